The molecule has 2 aromatic carbocycles. The molecule has 0 N–H and O–H groups in total. The normalized spacial score (nSPS) is 24.5. The summed E-state index contributed by atoms with van der Waals surface area (Å²) in [7, 11) is 6.63. The first-order valence-corrected chi connectivity index (χ1v) is 9.13. The van der Waals surface area contributed by atoms with Gasteiger partial charge in [0.05, 0.1) is 40.6 Å². The molecule has 2 aromatic rings. The van der Waals surface area contributed by atoms with Crippen molar-refractivity contribution in [3.63, 3.8) is 0 Å². The van der Waals surface area contributed by atoms with E-state index in [1.165, 1.54) is 0 Å². The molecule has 27 heavy (non-hydrogen) atoms. The molecule has 1 fully saturated rings. The Labute approximate surface area is 161 Å². The minimum absolute atomic E-state index is 0.0410. The van der Waals surface area contributed by atoms with Gasteiger partial charge in [-0.2, -0.15) is 0 Å². The lowest BCUT2D eigenvalue weighted by atomic mass is 9.85. The van der Waals surface area contributed by atoms with Crippen molar-refractivity contribution in [2.24, 2.45) is 11.8 Å². The molecule has 4 atom stereocenters. The largest absolute Gasteiger partial charge is 0.497 e. The molecule has 0 spiro atoms. The average Bonchev–Trinajstić information content (AvgIpc) is 3.01. The van der Waals surface area contributed by atoms with Crippen LogP contribution in [0.5, 0.6) is 23.0 Å². The minimum Gasteiger partial charge on any atom is -0.497 e. The molecule has 0 radical (unpaired) electrons. The fourth-order valence-electron chi connectivity index (χ4n) is 3.79. The van der Waals surface area contributed by atoms with Crippen LogP contribution in [-0.4, -0.2) is 28.4 Å². The summed E-state index contributed by atoms with van der Waals surface area (Å²) in [5.74, 6) is 3.66. The lowest BCUT2D eigenvalue weighted by molar-refractivity contribution is 0.0275. The van der Waals surface area contributed by atoms with Gasteiger partial charge < -0.3 is 23.7 Å². The third-order valence-corrected chi connectivity index (χ3v) is 5.56. The molecule has 0 bridgehead atoms. The van der Waals surface area contributed by atoms with Crippen LogP contribution in [0, 0.1) is 11.8 Å². The van der Waals surface area contributed by atoms with Crippen LogP contribution >= 0.6 is 0 Å². The third-order valence-electron chi connectivity index (χ3n) is 5.56. The summed E-state index contributed by atoms with van der Waals surface area (Å²) in [5, 5.41) is 0. The second-order valence-electron chi connectivity index (χ2n) is 6.92. The zero-order valence-electron chi connectivity index (χ0n) is 16.8. The maximum atomic E-state index is 6.54. The molecule has 5 nitrogen and oxygen atoms in total. The van der Waals surface area contributed by atoms with Crippen molar-refractivity contribution in [3.8, 4) is 23.0 Å². The molecule has 1 heterocycles. The Balaban J connectivity index is 1.95. The smallest absolute Gasteiger partial charge is 0.161 e. The van der Waals surface area contributed by atoms with Crippen LogP contribution in [0.25, 0.3) is 0 Å². The van der Waals surface area contributed by atoms with Gasteiger partial charge in [-0.3, -0.25) is 0 Å². The van der Waals surface area contributed by atoms with Crippen LogP contribution in [0.15, 0.2) is 36.4 Å². The highest BCUT2D eigenvalue weighted by Crippen LogP contribution is 2.51. The monoisotopic (exact) mass is 372 g/mol. The van der Waals surface area contributed by atoms with Crippen LogP contribution in [0.2, 0.25) is 0 Å². The lowest BCUT2D eigenvalue weighted by Crippen LogP contribution is -2.10. The molecule has 0 saturated carbocycles. The Morgan fingerprint density at radius 3 is 1.93 bits per heavy atom. The first-order valence-electron chi connectivity index (χ1n) is 9.13. The Kier molecular flexibility index (Phi) is 5.80. The standard InChI is InChI=1S/C22H28O5/c1-13-14(2)22(17-12-16(23-3)8-10-18(17)24-4)27-21(13)15-7-9-19(25-5)20(11-15)26-6/h7-14,21-22H,1-6H3. The molecule has 5 heteroatoms. The molecule has 1 aliphatic heterocycles. The van der Waals surface area contributed by atoms with Crippen LogP contribution in [0.3, 0.4) is 0 Å². The van der Waals surface area contributed by atoms with Crippen molar-refractivity contribution in [2.75, 3.05) is 28.4 Å². The second-order valence-corrected chi connectivity index (χ2v) is 6.92. The molecule has 4 unspecified atom stereocenters. The molecule has 3 rings (SSSR count). The van der Waals surface area contributed by atoms with Gasteiger partial charge in [-0.15, -0.1) is 0 Å². The molecule has 0 aromatic heterocycles. The summed E-state index contributed by atoms with van der Waals surface area (Å²) >= 11 is 0. The fraction of sp³-hybridized carbons (Fsp3) is 0.455. The summed E-state index contributed by atoms with van der Waals surface area (Å²) in [6, 6.07) is 11.8. The van der Waals surface area contributed by atoms with E-state index in [-0.39, 0.29) is 12.2 Å². The van der Waals surface area contributed by atoms with E-state index in [9.17, 15) is 0 Å². The highest BCUT2D eigenvalue weighted by Gasteiger charge is 2.42. The van der Waals surface area contributed by atoms with Crippen molar-refractivity contribution in [2.45, 2.75) is 26.1 Å². The van der Waals surface area contributed by atoms with Gasteiger partial charge in [-0.05, 0) is 47.7 Å². The number of hydrogen-bond acceptors (Lipinski definition) is 5. The topological polar surface area (TPSA) is 46.2 Å². The summed E-state index contributed by atoms with van der Waals surface area (Å²) in [5.41, 5.74) is 2.09. The number of rotatable bonds is 6. The predicted octanol–water partition coefficient (Wildman–Crippen LogP) is 4.81. The van der Waals surface area contributed by atoms with Crippen molar-refractivity contribution >= 4 is 0 Å². The summed E-state index contributed by atoms with van der Waals surface area (Å²) in [4.78, 5) is 0. The van der Waals surface area contributed by atoms with Gasteiger partial charge in [0, 0.05) is 5.56 Å². The molecule has 1 aliphatic rings. The van der Waals surface area contributed by atoms with Crippen molar-refractivity contribution in [1.82, 2.24) is 0 Å². The molecular formula is C22H28O5. The highest BCUT2D eigenvalue weighted by molar-refractivity contribution is 5.45. The van der Waals surface area contributed by atoms with Crippen molar-refractivity contribution < 1.29 is 23.7 Å². The lowest BCUT2D eigenvalue weighted by Gasteiger charge is -2.20. The van der Waals surface area contributed by atoms with Crippen LogP contribution < -0.4 is 18.9 Å². The summed E-state index contributed by atoms with van der Waals surface area (Å²) < 4.78 is 28.3. The quantitative estimate of drug-likeness (QED) is 0.728. The van der Waals surface area contributed by atoms with E-state index in [1.807, 2.05) is 36.4 Å². The average molecular weight is 372 g/mol. The maximum Gasteiger partial charge on any atom is 0.161 e. The van der Waals surface area contributed by atoms with Gasteiger partial charge in [-0.1, -0.05) is 19.9 Å². The van der Waals surface area contributed by atoms with E-state index in [4.69, 9.17) is 23.7 Å². The van der Waals surface area contributed by atoms with Crippen LogP contribution in [0.1, 0.15) is 37.2 Å². The summed E-state index contributed by atoms with van der Waals surface area (Å²) in [6.45, 7) is 4.44. The van der Waals surface area contributed by atoms with Gasteiger partial charge in [0.15, 0.2) is 11.5 Å². The van der Waals surface area contributed by atoms with E-state index in [2.05, 4.69) is 13.8 Å². The number of ether oxygens (including phenoxy) is 5. The van der Waals surface area contributed by atoms with Crippen LogP contribution in [-0.2, 0) is 4.74 Å². The third kappa shape index (κ3) is 3.56. The Hall–Kier alpha value is -2.40. The molecule has 0 amide bonds. The predicted molar refractivity (Wildman–Crippen MR) is 104 cm³/mol. The summed E-state index contributed by atoms with van der Waals surface area (Å²) in [6.07, 6.45) is -0.121. The van der Waals surface area contributed by atoms with Gasteiger partial charge in [0.1, 0.15) is 11.5 Å². The maximum absolute atomic E-state index is 6.54. The Bertz CT molecular complexity index is 788. The zero-order chi connectivity index (χ0) is 19.6. The van der Waals surface area contributed by atoms with Gasteiger partial charge in [0.25, 0.3) is 0 Å². The van der Waals surface area contributed by atoms with E-state index >= 15 is 0 Å². The van der Waals surface area contributed by atoms with Crippen molar-refractivity contribution in [1.29, 1.82) is 0 Å². The first kappa shape index (κ1) is 19.4. The fourth-order valence-corrected chi connectivity index (χ4v) is 3.79. The minimum atomic E-state index is -0.0804. The second kappa shape index (κ2) is 8.09. The number of methoxy groups -OCH3 is 4. The van der Waals surface area contributed by atoms with E-state index < -0.39 is 0 Å². The van der Waals surface area contributed by atoms with Gasteiger partial charge in [-0.25, -0.2) is 0 Å². The first-order chi connectivity index (χ1) is 13.0. The van der Waals surface area contributed by atoms with Crippen LogP contribution in [0.4, 0.5) is 0 Å². The zero-order valence-corrected chi connectivity index (χ0v) is 16.8. The SMILES string of the molecule is COc1ccc(OC)c(C2OC(c3ccc(OC)c(OC)c3)C(C)C2C)c1. The van der Waals surface area contributed by atoms with Crippen molar-refractivity contribution in [3.05, 3.63) is 47.5 Å². The number of benzene rings is 2. The molecule has 1 saturated heterocycles. The van der Waals surface area contributed by atoms with E-state index in [1.54, 1.807) is 28.4 Å². The van der Waals surface area contributed by atoms with Gasteiger partial charge in [0.2, 0.25) is 0 Å². The Morgan fingerprint density at radius 1 is 0.667 bits per heavy atom. The Morgan fingerprint density at radius 2 is 1.30 bits per heavy atom. The van der Waals surface area contributed by atoms with Gasteiger partial charge >= 0.3 is 0 Å². The van der Waals surface area contributed by atoms with E-state index in [0.29, 0.717) is 23.3 Å². The van der Waals surface area contributed by atoms with E-state index in [0.717, 1.165) is 22.6 Å². The highest BCUT2D eigenvalue weighted by atomic mass is 16.5. The molecule has 0 aliphatic carbocycles. The molecular weight excluding hydrogens is 344 g/mol. The number of hydrogen-bond donors (Lipinski definition) is 0. The molecule has 146 valence electrons.